The Bertz CT molecular complexity index is 898. The highest BCUT2D eigenvalue weighted by molar-refractivity contribution is 6.30. The molecule has 2 aromatic rings. The van der Waals surface area contributed by atoms with Crippen LogP contribution in [0.15, 0.2) is 72.8 Å². The van der Waals surface area contributed by atoms with E-state index < -0.39 is 17.6 Å². The van der Waals surface area contributed by atoms with Crippen molar-refractivity contribution in [3.05, 3.63) is 89.0 Å². The standard InChI is InChI=1S/C23H25ClN2O3/c24-20-10-4-8-18(14-20)21(27)16-25-12-13-26-23(22(28)29)11-5-9-19(15-23)17-6-2-1-3-7-17/h1-11,14,21,25-27H,12-13,15-16H2,(H,28,29). The molecule has 2 unspecified atom stereocenters. The summed E-state index contributed by atoms with van der Waals surface area (Å²) in [6.45, 7) is 1.32. The minimum absolute atomic E-state index is 0.354. The summed E-state index contributed by atoms with van der Waals surface area (Å²) in [5.41, 5.74) is 1.60. The third kappa shape index (κ3) is 5.55. The lowest BCUT2D eigenvalue weighted by Gasteiger charge is -2.31. The SMILES string of the molecule is O=C(O)C1(NCCNCC(O)c2cccc(Cl)c2)C=CC=C(c2ccccc2)C1. The fourth-order valence-electron chi connectivity index (χ4n) is 3.39. The van der Waals surface area contributed by atoms with Crippen LogP contribution < -0.4 is 10.6 Å². The largest absolute Gasteiger partial charge is 0.480 e. The third-order valence-corrected chi connectivity index (χ3v) is 5.22. The fourth-order valence-corrected chi connectivity index (χ4v) is 3.58. The van der Waals surface area contributed by atoms with E-state index in [-0.39, 0.29) is 0 Å². The summed E-state index contributed by atoms with van der Waals surface area (Å²) < 4.78 is 0. The molecule has 3 rings (SSSR count). The minimum atomic E-state index is -1.15. The van der Waals surface area contributed by atoms with Crippen LogP contribution in [0.4, 0.5) is 0 Å². The number of carboxylic acids is 1. The van der Waals surface area contributed by atoms with Crippen molar-refractivity contribution >= 4 is 23.1 Å². The zero-order valence-corrected chi connectivity index (χ0v) is 16.8. The highest BCUT2D eigenvalue weighted by Crippen LogP contribution is 2.30. The first-order valence-corrected chi connectivity index (χ1v) is 9.94. The molecule has 0 saturated carbocycles. The average Bonchev–Trinajstić information content (AvgIpc) is 2.74. The van der Waals surface area contributed by atoms with Crippen LogP contribution in [-0.2, 0) is 4.79 Å². The summed E-state index contributed by atoms with van der Waals surface area (Å²) in [4.78, 5) is 12.0. The zero-order valence-electron chi connectivity index (χ0n) is 16.0. The molecule has 0 heterocycles. The molecule has 1 aliphatic rings. The molecule has 0 aliphatic heterocycles. The smallest absolute Gasteiger partial charge is 0.328 e. The quantitative estimate of drug-likeness (QED) is 0.474. The number of aliphatic carboxylic acids is 1. The van der Waals surface area contributed by atoms with Gasteiger partial charge >= 0.3 is 5.97 Å². The molecule has 0 fully saturated rings. The molecule has 6 heteroatoms. The molecule has 0 amide bonds. The Morgan fingerprint density at radius 2 is 1.93 bits per heavy atom. The first-order valence-electron chi connectivity index (χ1n) is 9.57. The molecule has 4 N–H and O–H groups in total. The van der Waals surface area contributed by atoms with Gasteiger partial charge in [-0.1, -0.05) is 72.3 Å². The highest BCUT2D eigenvalue weighted by atomic mass is 35.5. The Kier molecular flexibility index (Phi) is 7.23. The normalized spacial score (nSPS) is 19.6. The van der Waals surface area contributed by atoms with Crippen molar-refractivity contribution in [2.45, 2.75) is 18.1 Å². The van der Waals surface area contributed by atoms with Crippen LogP contribution in [0.1, 0.15) is 23.7 Å². The Morgan fingerprint density at radius 3 is 2.66 bits per heavy atom. The molecule has 152 valence electrons. The van der Waals surface area contributed by atoms with Crippen LogP contribution in [0.2, 0.25) is 5.02 Å². The molecular formula is C23H25ClN2O3. The molecule has 0 aromatic heterocycles. The summed E-state index contributed by atoms with van der Waals surface area (Å²) in [5.74, 6) is -0.908. The molecule has 0 radical (unpaired) electrons. The Balaban J connectivity index is 1.52. The van der Waals surface area contributed by atoms with Gasteiger partial charge in [-0.05, 0) is 28.8 Å². The maximum absolute atomic E-state index is 12.0. The maximum atomic E-state index is 12.0. The van der Waals surface area contributed by atoms with Gasteiger partial charge in [0.15, 0.2) is 0 Å². The van der Waals surface area contributed by atoms with E-state index in [1.165, 1.54) is 0 Å². The molecule has 5 nitrogen and oxygen atoms in total. The molecule has 0 spiro atoms. The second-order valence-corrected chi connectivity index (χ2v) is 7.51. The number of benzene rings is 2. The van der Waals surface area contributed by atoms with Crippen LogP contribution in [0, 0.1) is 0 Å². The summed E-state index contributed by atoms with van der Waals surface area (Å²) in [6.07, 6.45) is 5.14. The molecular weight excluding hydrogens is 388 g/mol. The molecule has 29 heavy (non-hydrogen) atoms. The van der Waals surface area contributed by atoms with E-state index in [2.05, 4.69) is 10.6 Å². The van der Waals surface area contributed by atoms with Crippen LogP contribution >= 0.6 is 11.6 Å². The number of aliphatic hydroxyl groups excluding tert-OH is 1. The van der Waals surface area contributed by atoms with Gasteiger partial charge in [-0.3, -0.25) is 5.32 Å². The van der Waals surface area contributed by atoms with E-state index in [1.807, 2.05) is 42.5 Å². The number of halogens is 1. The van der Waals surface area contributed by atoms with Crippen LogP contribution in [0.5, 0.6) is 0 Å². The van der Waals surface area contributed by atoms with Gasteiger partial charge in [0, 0.05) is 31.1 Å². The number of hydrogen-bond donors (Lipinski definition) is 4. The van der Waals surface area contributed by atoms with Crippen molar-refractivity contribution < 1.29 is 15.0 Å². The summed E-state index contributed by atoms with van der Waals surface area (Å²) >= 11 is 5.95. The molecule has 1 aliphatic carbocycles. The van der Waals surface area contributed by atoms with Gasteiger partial charge in [0.25, 0.3) is 0 Å². The van der Waals surface area contributed by atoms with Crippen molar-refractivity contribution in [1.82, 2.24) is 10.6 Å². The number of carbonyl (C=O) groups is 1. The van der Waals surface area contributed by atoms with Gasteiger partial charge in [0.2, 0.25) is 0 Å². The topological polar surface area (TPSA) is 81.6 Å². The average molecular weight is 413 g/mol. The van der Waals surface area contributed by atoms with Gasteiger partial charge in [-0.15, -0.1) is 0 Å². The highest BCUT2D eigenvalue weighted by Gasteiger charge is 2.37. The van der Waals surface area contributed by atoms with E-state index in [4.69, 9.17) is 11.6 Å². The molecule has 2 aromatic carbocycles. The second-order valence-electron chi connectivity index (χ2n) is 7.07. The maximum Gasteiger partial charge on any atom is 0.328 e. The van der Waals surface area contributed by atoms with E-state index in [9.17, 15) is 15.0 Å². The minimum Gasteiger partial charge on any atom is -0.480 e. The summed E-state index contributed by atoms with van der Waals surface area (Å²) in [7, 11) is 0. The second kappa shape index (κ2) is 9.85. The lowest BCUT2D eigenvalue weighted by Crippen LogP contribution is -2.53. The fraction of sp³-hybridized carbons (Fsp3) is 0.261. The monoisotopic (exact) mass is 412 g/mol. The van der Waals surface area contributed by atoms with Gasteiger partial charge < -0.3 is 15.5 Å². The molecule has 0 bridgehead atoms. The summed E-state index contributed by atoms with van der Waals surface area (Å²) in [6, 6.07) is 16.9. The zero-order chi connectivity index (χ0) is 20.7. The molecule has 0 saturated heterocycles. The number of aliphatic hydroxyl groups is 1. The van der Waals surface area contributed by atoms with E-state index >= 15 is 0 Å². The van der Waals surface area contributed by atoms with Crippen LogP contribution in [-0.4, -0.2) is 41.4 Å². The van der Waals surface area contributed by atoms with Crippen molar-refractivity contribution in [3.63, 3.8) is 0 Å². The van der Waals surface area contributed by atoms with Crippen molar-refractivity contribution in [2.75, 3.05) is 19.6 Å². The predicted octanol–water partition coefficient (Wildman–Crippen LogP) is 3.42. The van der Waals surface area contributed by atoms with Crippen LogP contribution in [0.25, 0.3) is 5.57 Å². The Morgan fingerprint density at radius 1 is 1.14 bits per heavy atom. The Hall–Kier alpha value is -2.44. The van der Waals surface area contributed by atoms with Crippen molar-refractivity contribution in [1.29, 1.82) is 0 Å². The number of rotatable bonds is 9. The predicted molar refractivity (Wildman–Crippen MR) is 116 cm³/mol. The number of carboxylic acid groups (broad SMARTS) is 1. The van der Waals surface area contributed by atoms with Gasteiger partial charge in [-0.25, -0.2) is 4.79 Å². The Labute approximate surface area is 175 Å². The van der Waals surface area contributed by atoms with E-state index in [0.717, 1.165) is 16.7 Å². The van der Waals surface area contributed by atoms with E-state index in [0.29, 0.717) is 31.1 Å². The van der Waals surface area contributed by atoms with Gasteiger partial charge in [0.1, 0.15) is 5.54 Å². The van der Waals surface area contributed by atoms with Crippen LogP contribution in [0.3, 0.4) is 0 Å². The first-order chi connectivity index (χ1) is 14.0. The number of nitrogens with one attached hydrogen (secondary N) is 2. The molecule has 2 atom stereocenters. The first kappa shape index (κ1) is 21.3. The van der Waals surface area contributed by atoms with E-state index in [1.54, 1.807) is 30.4 Å². The van der Waals surface area contributed by atoms with Gasteiger partial charge in [-0.2, -0.15) is 0 Å². The van der Waals surface area contributed by atoms with Gasteiger partial charge in [0.05, 0.1) is 6.10 Å². The summed E-state index contributed by atoms with van der Waals surface area (Å²) in [5, 5.41) is 27.0. The van der Waals surface area contributed by atoms with Crippen molar-refractivity contribution in [2.24, 2.45) is 0 Å². The number of hydrogen-bond acceptors (Lipinski definition) is 4. The van der Waals surface area contributed by atoms with Crippen molar-refractivity contribution in [3.8, 4) is 0 Å². The third-order valence-electron chi connectivity index (χ3n) is 4.99. The lowest BCUT2D eigenvalue weighted by atomic mass is 9.83. The lowest BCUT2D eigenvalue weighted by molar-refractivity contribution is -0.142. The number of allylic oxidation sites excluding steroid dienone is 2.